The van der Waals surface area contributed by atoms with Gasteiger partial charge in [0.1, 0.15) is 5.65 Å². The van der Waals surface area contributed by atoms with E-state index in [1.165, 1.54) is 17.4 Å². The molecule has 25 heavy (non-hydrogen) atoms. The van der Waals surface area contributed by atoms with E-state index in [4.69, 9.17) is 11.6 Å². The first-order valence-electron chi connectivity index (χ1n) is 7.72. The summed E-state index contributed by atoms with van der Waals surface area (Å²) in [5.74, 6) is -0.178. The summed E-state index contributed by atoms with van der Waals surface area (Å²) in [4.78, 5) is 28.0. The fraction of sp³-hybridized carbons (Fsp3) is 0.167. The Morgan fingerprint density at radius 3 is 2.76 bits per heavy atom. The zero-order valence-electron chi connectivity index (χ0n) is 13.8. The van der Waals surface area contributed by atoms with E-state index in [1.54, 1.807) is 24.4 Å². The molecule has 3 aromatic rings. The minimum absolute atomic E-state index is 0.140. The zero-order chi connectivity index (χ0) is 18.0. The molecule has 2 N–H and O–H groups in total. The SMILES string of the molecule is CC(=O)Nc1ccc(Cl)cc1NCc1cc(=O)n2cc(C)ccc2n1. The average Bonchev–Trinajstić information content (AvgIpc) is 2.55. The number of hydrogen-bond acceptors (Lipinski definition) is 4. The second-order valence-corrected chi connectivity index (χ2v) is 6.18. The molecule has 3 rings (SSSR count). The fourth-order valence-corrected chi connectivity index (χ4v) is 2.67. The molecule has 0 radical (unpaired) electrons. The average molecular weight is 357 g/mol. The van der Waals surface area contributed by atoms with E-state index >= 15 is 0 Å². The van der Waals surface area contributed by atoms with E-state index in [0.717, 1.165) is 5.56 Å². The molecule has 6 nitrogen and oxygen atoms in total. The summed E-state index contributed by atoms with van der Waals surface area (Å²) in [5.41, 5.74) is 3.31. The van der Waals surface area contributed by atoms with E-state index in [1.807, 2.05) is 19.1 Å². The van der Waals surface area contributed by atoms with Crippen LogP contribution in [0.3, 0.4) is 0 Å². The number of carbonyl (C=O) groups is 1. The number of pyridine rings is 1. The van der Waals surface area contributed by atoms with Gasteiger partial charge in [0, 0.05) is 24.2 Å². The second-order valence-electron chi connectivity index (χ2n) is 5.75. The summed E-state index contributed by atoms with van der Waals surface area (Å²) in [6.07, 6.45) is 1.76. The molecule has 0 atom stereocenters. The number of amides is 1. The third-order valence-electron chi connectivity index (χ3n) is 3.61. The van der Waals surface area contributed by atoms with Crippen LogP contribution in [-0.2, 0) is 11.3 Å². The van der Waals surface area contributed by atoms with E-state index in [2.05, 4.69) is 15.6 Å². The Morgan fingerprint density at radius 2 is 2.00 bits per heavy atom. The molecule has 0 unspecified atom stereocenters. The summed E-state index contributed by atoms with van der Waals surface area (Å²) >= 11 is 6.03. The summed E-state index contributed by atoms with van der Waals surface area (Å²) in [7, 11) is 0. The number of nitrogens with one attached hydrogen (secondary N) is 2. The molecule has 0 aliphatic carbocycles. The maximum atomic E-state index is 12.2. The summed E-state index contributed by atoms with van der Waals surface area (Å²) in [6, 6.07) is 10.3. The predicted molar refractivity (Wildman–Crippen MR) is 99.3 cm³/mol. The van der Waals surface area contributed by atoms with Crippen LogP contribution in [0.25, 0.3) is 5.65 Å². The number of halogens is 1. The molecular weight excluding hydrogens is 340 g/mol. The van der Waals surface area contributed by atoms with E-state index in [0.29, 0.717) is 34.3 Å². The minimum atomic E-state index is -0.178. The van der Waals surface area contributed by atoms with Crippen molar-refractivity contribution < 1.29 is 4.79 Å². The molecule has 0 aliphatic heterocycles. The number of benzene rings is 1. The molecule has 0 fully saturated rings. The molecule has 1 aromatic carbocycles. The third-order valence-corrected chi connectivity index (χ3v) is 3.85. The van der Waals surface area contributed by atoms with Crippen molar-refractivity contribution >= 4 is 34.5 Å². The number of carbonyl (C=O) groups excluding carboxylic acids is 1. The fourth-order valence-electron chi connectivity index (χ4n) is 2.50. The molecule has 7 heteroatoms. The van der Waals surface area contributed by atoms with Gasteiger partial charge >= 0.3 is 0 Å². The first-order valence-corrected chi connectivity index (χ1v) is 8.10. The lowest BCUT2D eigenvalue weighted by atomic mass is 10.2. The van der Waals surface area contributed by atoms with Crippen LogP contribution in [0.1, 0.15) is 18.2 Å². The lowest BCUT2D eigenvalue weighted by molar-refractivity contribution is -0.114. The van der Waals surface area contributed by atoms with Crippen molar-refractivity contribution in [3.63, 3.8) is 0 Å². The molecule has 0 saturated carbocycles. The van der Waals surface area contributed by atoms with Gasteiger partial charge in [-0.2, -0.15) is 0 Å². The van der Waals surface area contributed by atoms with E-state index in [-0.39, 0.29) is 11.5 Å². The Morgan fingerprint density at radius 1 is 1.20 bits per heavy atom. The van der Waals surface area contributed by atoms with Gasteiger partial charge < -0.3 is 10.6 Å². The standard InChI is InChI=1S/C18H17ClN4O2/c1-11-3-6-17-22-14(8-18(25)23(17)10-11)9-20-16-7-13(19)4-5-15(16)21-12(2)24/h3-8,10,20H,9H2,1-2H3,(H,21,24). The first kappa shape index (κ1) is 17.0. The number of anilines is 2. The predicted octanol–water partition coefficient (Wildman–Crippen LogP) is 3.23. The summed E-state index contributed by atoms with van der Waals surface area (Å²) in [6.45, 7) is 3.68. The van der Waals surface area contributed by atoms with Crippen LogP contribution in [0.4, 0.5) is 11.4 Å². The second kappa shape index (κ2) is 6.94. The van der Waals surface area contributed by atoms with Gasteiger partial charge in [-0.15, -0.1) is 0 Å². The van der Waals surface area contributed by atoms with Crippen molar-refractivity contribution in [1.29, 1.82) is 0 Å². The van der Waals surface area contributed by atoms with Crippen LogP contribution in [0.2, 0.25) is 5.02 Å². The maximum absolute atomic E-state index is 12.2. The quantitative estimate of drug-likeness (QED) is 0.752. The highest BCUT2D eigenvalue weighted by molar-refractivity contribution is 6.31. The van der Waals surface area contributed by atoms with Crippen LogP contribution >= 0.6 is 11.6 Å². The van der Waals surface area contributed by atoms with Crippen molar-refractivity contribution in [2.24, 2.45) is 0 Å². The zero-order valence-corrected chi connectivity index (χ0v) is 14.6. The van der Waals surface area contributed by atoms with Gasteiger partial charge in [-0.3, -0.25) is 14.0 Å². The number of aromatic nitrogens is 2. The van der Waals surface area contributed by atoms with Crippen LogP contribution < -0.4 is 16.2 Å². The van der Waals surface area contributed by atoms with E-state index in [9.17, 15) is 9.59 Å². The lowest BCUT2D eigenvalue weighted by Gasteiger charge is -2.13. The Labute approximate surface area is 149 Å². The Hall–Kier alpha value is -2.86. The Bertz CT molecular complexity index is 1010. The largest absolute Gasteiger partial charge is 0.378 e. The minimum Gasteiger partial charge on any atom is -0.378 e. The maximum Gasteiger partial charge on any atom is 0.258 e. The van der Waals surface area contributed by atoms with Crippen molar-refractivity contribution in [2.75, 3.05) is 10.6 Å². The highest BCUT2D eigenvalue weighted by Crippen LogP contribution is 2.26. The summed E-state index contributed by atoms with van der Waals surface area (Å²) in [5, 5.41) is 6.45. The third kappa shape index (κ3) is 3.97. The molecule has 2 heterocycles. The van der Waals surface area contributed by atoms with Crippen molar-refractivity contribution in [2.45, 2.75) is 20.4 Å². The lowest BCUT2D eigenvalue weighted by Crippen LogP contribution is -2.17. The molecule has 0 bridgehead atoms. The topological polar surface area (TPSA) is 75.5 Å². The van der Waals surface area contributed by atoms with Gasteiger partial charge in [0.05, 0.1) is 23.6 Å². The molecule has 1 amide bonds. The normalized spacial score (nSPS) is 10.7. The molecule has 0 aliphatic rings. The van der Waals surface area contributed by atoms with Crippen molar-refractivity contribution in [3.05, 3.63) is 69.2 Å². The van der Waals surface area contributed by atoms with Crippen LogP contribution in [0, 0.1) is 6.92 Å². The molecule has 2 aromatic heterocycles. The smallest absolute Gasteiger partial charge is 0.258 e. The van der Waals surface area contributed by atoms with Crippen LogP contribution in [0.5, 0.6) is 0 Å². The highest BCUT2D eigenvalue weighted by Gasteiger charge is 2.07. The molecule has 0 saturated heterocycles. The Balaban J connectivity index is 1.88. The number of hydrogen-bond donors (Lipinski definition) is 2. The number of rotatable bonds is 4. The monoisotopic (exact) mass is 356 g/mol. The number of aryl methyl sites for hydroxylation is 1. The molecular formula is C18H17ClN4O2. The highest BCUT2D eigenvalue weighted by atomic mass is 35.5. The van der Waals surface area contributed by atoms with Gasteiger partial charge in [-0.1, -0.05) is 17.7 Å². The molecule has 128 valence electrons. The van der Waals surface area contributed by atoms with Gasteiger partial charge in [0.2, 0.25) is 5.91 Å². The van der Waals surface area contributed by atoms with Crippen molar-refractivity contribution in [1.82, 2.24) is 9.38 Å². The van der Waals surface area contributed by atoms with Gasteiger partial charge in [0.15, 0.2) is 0 Å². The van der Waals surface area contributed by atoms with Crippen molar-refractivity contribution in [3.8, 4) is 0 Å². The Kier molecular flexibility index (Phi) is 4.72. The molecule has 0 spiro atoms. The van der Waals surface area contributed by atoms with Crippen LogP contribution in [-0.4, -0.2) is 15.3 Å². The van der Waals surface area contributed by atoms with E-state index < -0.39 is 0 Å². The number of nitrogens with zero attached hydrogens (tertiary/aromatic N) is 2. The van der Waals surface area contributed by atoms with Gasteiger partial charge in [-0.05, 0) is 36.8 Å². The summed E-state index contributed by atoms with van der Waals surface area (Å²) < 4.78 is 1.51. The first-order chi connectivity index (χ1) is 11.9. The van der Waals surface area contributed by atoms with Crippen LogP contribution in [0.15, 0.2) is 47.4 Å². The number of fused-ring (bicyclic) bond motifs is 1. The van der Waals surface area contributed by atoms with Gasteiger partial charge in [-0.25, -0.2) is 4.98 Å². The van der Waals surface area contributed by atoms with Gasteiger partial charge in [0.25, 0.3) is 5.56 Å².